The molecule has 0 saturated heterocycles. The molecule has 9 nitrogen and oxygen atoms in total. The molecule has 0 atom stereocenters. The molecule has 0 spiro atoms. The van der Waals surface area contributed by atoms with E-state index in [1.807, 2.05) is 41.5 Å². The van der Waals surface area contributed by atoms with Crippen LogP contribution in [0.4, 0.5) is 0 Å². The minimum absolute atomic E-state index is 0.0761. The highest BCUT2D eigenvalue weighted by atomic mass is 15.1. The van der Waals surface area contributed by atoms with E-state index in [0.29, 0.717) is 65.3 Å². The van der Waals surface area contributed by atoms with Crippen LogP contribution in [0.25, 0.3) is 0 Å². The molecule has 0 amide bonds. The van der Waals surface area contributed by atoms with Crippen LogP contribution in [0.3, 0.4) is 0 Å². The lowest BCUT2D eigenvalue weighted by atomic mass is 9.99. The minimum atomic E-state index is -0.0761. The highest BCUT2D eigenvalue weighted by Gasteiger charge is 2.21. The maximum absolute atomic E-state index is 4.55. The van der Waals surface area contributed by atoms with Gasteiger partial charge in [-0.25, -0.2) is 44.9 Å². The molecule has 0 bridgehead atoms. The number of hydrogen-bond acceptors (Lipinski definition) is 9. The van der Waals surface area contributed by atoms with Crippen molar-refractivity contribution >= 4 is 0 Å². The van der Waals surface area contributed by atoms with Gasteiger partial charge >= 0.3 is 0 Å². The zero-order valence-electron chi connectivity index (χ0n) is 16.5. The van der Waals surface area contributed by atoms with Crippen molar-refractivity contribution in [3.05, 3.63) is 52.4 Å². The number of hydrogen-bond donors (Lipinski definition) is 0. The van der Waals surface area contributed by atoms with Crippen LogP contribution in [0.15, 0.2) is 0 Å². The Morgan fingerprint density at radius 1 is 0.444 bits per heavy atom. The van der Waals surface area contributed by atoms with E-state index in [0.717, 1.165) is 0 Å². The lowest BCUT2D eigenvalue weighted by Crippen LogP contribution is -2.17. The lowest BCUT2D eigenvalue weighted by Gasteiger charge is -2.15. The van der Waals surface area contributed by atoms with Gasteiger partial charge in [0.25, 0.3) is 0 Å². The fourth-order valence-corrected chi connectivity index (χ4v) is 3.07. The lowest BCUT2D eigenvalue weighted by molar-refractivity contribution is 0.575. The van der Waals surface area contributed by atoms with Gasteiger partial charge in [0.2, 0.25) is 0 Å². The van der Waals surface area contributed by atoms with E-state index in [4.69, 9.17) is 0 Å². The highest BCUT2D eigenvalue weighted by molar-refractivity contribution is 5.09. The maximum Gasteiger partial charge on any atom is 0.136 e. The van der Waals surface area contributed by atoms with Crippen molar-refractivity contribution in [2.75, 3.05) is 0 Å². The molecule has 27 heavy (non-hydrogen) atoms. The van der Waals surface area contributed by atoms with Crippen LogP contribution in [0.5, 0.6) is 0 Å². The Balaban J connectivity index is 1.99. The first-order chi connectivity index (χ1) is 12.8. The van der Waals surface area contributed by atoms with Gasteiger partial charge in [0.15, 0.2) is 0 Å². The van der Waals surface area contributed by atoms with Crippen LogP contribution in [0, 0.1) is 41.5 Å². The molecular formula is C18H23N9. The second-order valence-electron chi connectivity index (χ2n) is 6.59. The molecule has 0 saturated carbocycles. The van der Waals surface area contributed by atoms with E-state index in [1.165, 1.54) is 0 Å². The van der Waals surface area contributed by atoms with E-state index >= 15 is 0 Å². The molecule has 3 aromatic rings. The molecule has 9 heteroatoms. The molecule has 0 unspecified atom stereocenters. The van der Waals surface area contributed by atoms with Crippen LogP contribution < -0.4 is 0 Å². The van der Waals surface area contributed by atoms with E-state index in [2.05, 4.69) is 44.9 Å². The van der Waals surface area contributed by atoms with E-state index < -0.39 is 0 Å². The molecule has 0 aliphatic rings. The smallest absolute Gasteiger partial charge is 0.136 e. The van der Waals surface area contributed by atoms with Crippen molar-refractivity contribution in [3.63, 3.8) is 0 Å². The summed E-state index contributed by atoms with van der Waals surface area (Å²) in [6.45, 7) is 11.2. The van der Waals surface area contributed by atoms with E-state index in [1.54, 1.807) is 0 Å². The predicted molar refractivity (Wildman–Crippen MR) is 98.1 cm³/mol. The summed E-state index contributed by atoms with van der Waals surface area (Å²) in [7, 11) is 0. The molecule has 3 heterocycles. The maximum atomic E-state index is 4.55. The predicted octanol–water partition coefficient (Wildman–Crippen LogP) is 1.66. The fraction of sp³-hybridized carbons (Fsp3) is 0.500. The molecule has 0 N–H and O–H groups in total. The molecule has 3 rings (SSSR count). The monoisotopic (exact) mass is 365 g/mol. The van der Waals surface area contributed by atoms with Crippen molar-refractivity contribution in [2.24, 2.45) is 0 Å². The van der Waals surface area contributed by atoms with Crippen LogP contribution in [-0.4, -0.2) is 44.9 Å². The third kappa shape index (κ3) is 5.02. The van der Waals surface area contributed by atoms with Gasteiger partial charge in [0.1, 0.15) is 52.4 Å². The summed E-state index contributed by atoms with van der Waals surface area (Å²) in [5.41, 5.74) is 0. The Morgan fingerprint density at radius 2 is 0.741 bits per heavy atom. The van der Waals surface area contributed by atoms with Gasteiger partial charge in [-0.2, -0.15) is 0 Å². The van der Waals surface area contributed by atoms with Crippen molar-refractivity contribution in [1.82, 2.24) is 44.9 Å². The van der Waals surface area contributed by atoms with Crippen molar-refractivity contribution in [1.29, 1.82) is 0 Å². The van der Waals surface area contributed by atoms with Gasteiger partial charge in [0, 0.05) is 18.8 Å². The third-order valence-corrected chi connectivity index (χ3v) is 3.91. The largest absolute Gasteiger partial charge is 0.219 e. The quantitative estimate of drug-likeness (QED) is 0.665. The zero-order chi connectivity index (χ0) is 19.6. The van der Waals surface area contributed by atoms with Gasteiger partial charge in [0.05, 0.1) is 0 Å². The third-order valence-electron chi connectivity index (χ3n) is 3.91. The number of rotatable bonds is 5. The summed E-state index contributed by atoms with van der Waals surface area (Å²) in [5, 5.41) is 0. The second kappa shape index (κ2) is 7.73. The average Bonchev–Trinajstić information content (AvgIpc) is 2.51. The fourth-order valence-electron chi connectivity index (χ4n) is 3.07. The molecule has 0 fully saturated rings. The molecule has 140 valence electrons. The summed E-state index contributed by atoms with van der Waals surface area (Å²) >= 11 is 0. The Kier molecular flexibility index (Phi) is 5.38. The van der Waals surface area contributed by atoms with Gasteiger partial charge in [-0.15, -0.1) is 0 Å². The summed E-state index contributed by atoms with van der Waals surface area (Å²) in [6, 6.07) is 0. The minimum Gasteiger partial charge on any atom is -0.219 e. The van der Waals surface area contributed by atoms with Crippen molar-refractivity contribution in [2.45, 2.75) is 60.3 Å². The summed E-state index contributed by atoms with van der Waals surface area (Å²) in [6.07, 6.45) is 1.13. The Bertz CT molecular complexity index is 857. The van der Waals surface area contributed by atoms with Gasteiger partial charge < -0.3 is 0 Å². The van der Waals surface area contributed by atoms with E-state index in [9.17, 15) is 0 Å². The topological polar surface area (TPSA) is 116 Å². The van der Waals surface area contributed by atoms with Crippen LogP contribution in [0.1, 0.15) is 58.3 Å². The number of aromatic nitrogens is 9. The normalized spacial score (nSPS) is 11.2. The number of nitrogens with zero attached hydrogens (tertiary/aromatic N) is 9. The molecule has 3 aromatic heterocycles. The number of aryl methyl sites for hydroxylation is 6. The Hall–Kier alpha value is -2.97. The SMILES string of the molecule is Cc1nc(C)nc(CC(Cc2nc(C)nc(C)n2)c2nc(C)nc(C)n2)n1. The van der Waals surface area contributed by atoms with Gasteiger partial charge in [-0.05, 0) is 41.5 Å². The molecule has 0 aliphatic carbocycles. The van der Waals surface area contributed by atoms with Crippen LogP contribution in [-0.2, 0) is 12.8 Å². The first kappa shape index (κ1) is 18.8. The summed E-state index contributed by atoms with van der Waals surface area (Å²) in [5.74, 6) is 6.22. The van der Waals surface area contributed by atoms with Crippen LogP contribution in [0.2, 0.25) is 0 Å². The first-order valence-electron chi connectivity index (χ1n) is 8.84. The Labute approximate surface area is 158 Å². The Morgan fingerprint density at radius 3 is 1.07 bits per heavy atom. The first-order valence-corrected chi connectivity index (χ1v) is 8.84. The van der Waals surface area contributed by atoms with Crippen molar-refractivity contribution in [3.8, 4) is 0 Å². The highest BCUT2D eigenvalue weighted by Crippen LogP contribution is 2.21. The summed E-state index contributed by atoms with van der Waals surface area (Å²) < 4.78 is 0. The zero-order valence-corrected chi connectivity index (χ0v) is 16.5. The van der Waals surface area contributed by atoms with Crippen molar-refractivity contribution < 1.29 is 0 Å². The average molecular weight is 365 g/mol. The second-order valence-corrected chi connectivity index (χ2v) is 6.59. The van der Waals surface area contributed by atoms with Gasteiger partial charge in [-0.1, -0.05) is 0 Å². The molecular weight excluding hydrogens is 342 g/mol. The van der Waals surface area contributed by atoms with Gasteiger partial charge in [-0.3, -0.25) is 0 Å². The molecule has 0 radical (unpaired) electrons. The standard InChI is InChI=1S/C18H23N9/c1-9-19-10(2)23-16(22-9)7-15(18-26-13(5)21-14(6)27-18)8-17-24-11(3)20-12(4)25-17/h15H,7-8H2,1-6H3. The molecule has 0 aromatic carbocycles. The van der Waals surface area contributed by atoms with Crippen LogP contribution >= 0.6 is 0 Å². The molecule has 0 aliphatic heterocycles. The van der Waals surface area contributed by atoms with E-state index in [-0.39, 0.29) is 5.92 Å². The summed E-state index contributed by atoms with van der Waals surface area (Å²) in [4.78, 5) is 39.8.